The Balaban J connectivity index is 2.08. The van der Waals surface area contributed by atoms with Crippen LogP contribution in [0.3, 0.4) is 0 Å². The van der Waals surface area contributed by atoms with Crippen LogP contribution in [0.2, 0.25) is 0 Å². The van der Waals surface area contributed by atoms with E-state index in [1.54, 1.807) is 26.0 Å². The number of alkyl halides is 3. The molecule has 2 aromatic rings. The van der Waals surface area contributed by atoms with Gasteiger partial charge in [0.1, 0.15) is 0 Å². The zero-order chi connectivity index (χ0) is 19.3. The van der Waals surface area contributed by atoms with Crippen molar-refractivity contribution >= 4 is 29.4 Å². The second-order valence-corrected chi connectivity index (χ2v) is 6.21. The van der Waals surface area contributed by atoms with Gasteiger partial charge in [-0.05, 0) is 26.0 Å². The quantitative estimate of drug-likeness (QED) is 0.607. The number of thioether (sulfide) groups is 1. The first-order valence-electron chi connectivity index (χ1n) is 7.55. The van der Waals surface area contributed by atoms with Gasteiger partial charge in [0.15, 0.2) is 5.16 Å². The van der Waals surface area contributed by atoms with Crippen molar-refractivity contribution in [2.24, 2.45) is 0 Å². The van der Waals surface area contributed by atoms with E-state index in [0.29, 0.717) is 11.3 Å². The van der Waals surface area contributed by atoms with Crippen molar-refractivity contribution in [2.75, 3.05) is 11.1 Å². The molecule has 1 heterocycles. The number of carbonyl (C=O) groups excluding carboxylic acids is 1. The highest BCUT2D eigenvalue weighted by atomic mass is 32.2. The minimum absolute atomic E-state index is 0.197. The van der Waals surface area contributed by atoms with Crippen molar-refractivity contribution in [1.82, 2.24) is 9.97 Å². The lowest BCUT2D eigenvalue weighted by atomic mass is 10.1. The van der Waals surface area contributed by atoms with E-state index in [1.165, 1.54) is 18.2 Å². The van der Waals surface area contributed by atoms with Gasteiger partial charge in [-0.3, -0.25) is 9.59 Å². The lowest BCUT2D eigenvalue weighted by Gasteiger charge is -2.13. The van der Waals surface area contributed by atoms with Gasteiger partial charge in [0.2, 0.25) is 5.91 Å². The number of aryl methyl sites for hydroxylation is 1. The minimum Gasteiger partial charge on any atom is -0.325 e. The molecular formula is C17H16F3N3O2S. The molecule has 5 nitrogen and oxygen atoms in total. The largest absolute Gasteiger partial charge is 0.418 e. The van der Waals surface area contributed by atoms with E-state index in [1.807, 2.05) is 0 Å². The van der Waals surface area contributed by atoms with Crippen molar-refractivity contribution < 1.29 is 18.0 Å². The number of hydrogen-bond donors (Lipinski definition) is 2. The van der Waals surface area contributed by atoms with Crippen LogP contribution in [0.4, 0.5) is 18.9 Å². The number of aromatic nitrogens is 2. The number of halogens is 3. The third-order valence-corrected chi connectivity index (χ3v) is 4.18. The van der Waals surface area contributed by atoms with Crippen LogP contribution in [0, 0.1) is 6.92 Å². The highest BCUT2D eigenvalue weighted by molar-refractivity contribution is 7.99. The first kappa shape index (κ1) is 19.8. The van der Waals surface area contributed by atoms with Crippen LogP contribution in [-0.4, -0.2) is 21.6 Å². The summed E-state index contributed by atoms with van der Waals surface area (Å²) in [5.74, 6) is -0.832. The standard InChI is InChI=1S/C17H16F3N3O2S/c1-3-6-11-10(2)21-16(23-15(11)25)26-9-14(24)22-13-8-5-4-7-12(13)17(18,19)20/h3-8H,9H2,1-2H3,(H,22,24)(H,21,23,25)/b6-3-. The van der Waals surface area contributed by atoms with Crippen LogP contribution in [0.15, 0.2) is 40.3 Å². The monoisotopic (exact) mass is 383 g/mol. The Morgan fingerprint density at radius 3 is 2.65 bits per heavy atom. The number of anilines is 1. The highest BCUT2D eigenvalue weighted by Gasteiger charge is 2.33. The molecule has 0 aliphatic rings. The molecular weight excluding hydrogens is 367 g/mol. The number of benzene rings is 1. The molecule has 0 aliphatic carbocycles. The summed E-state index contributed by atoms with van der Waals surface area (Å²) in [6, 6.07) is 4.73. The topological polar surface area (TPSA) is 74.8 Å². The summed E-state index contributed by atoms with van der Waals surface area (Å²) in [4.78, 5) is 30.7. The van der Waals surface area contributed by atoms with Gasteiger partial charge in [-0.25, -0.2) is 4.98 Å². The van der Waals surface area contributed by atoms with Crippen molar-refractivity contribution in [3.63, 3.8) is 0 Å². The Bertz CT molecular complexity index is 892. The molecule has 1 aromatic carbocycles. The van der Waals surface area contributed by atoms with Gasteiger partial charge in [-0.15, -0.1) is 0 Å². The summed E-state index contributed by atoms with van der Waals surface area (Å²) >= 11 is 0.932. The predicted octanol–water partition coefficient (Wildman–Crippen LogP) is 3.86. The average molecular weight is 383 g/mol. The molecule has 0 aliphatic heterocycles. The number of amides is 1. The molecule has 0 spiro atoms. The number of allylic oxidation sites excluding steroid dienone is 1. The molecule has 2 N–H and O–H groups in total. The van der Waals surface area contributed by atoms with Crippen LogP contribution in [0.1, 0.15) is 23.7 Å². The van der Waals surface area contributed by atoms with E-state index in [2.05, 4.69) is 15.3 Å². The molecule has 0 bridgehead atoms. The first-order valence-corrected chi connectivity index (χ1v) is 8.53. The molecule has 0 unspecified atom stereocenters. The summed E-state index contributed by atoms with van der Waals surface area (Å²) in [5.41, 5.74) is -0.665. The van der Waals surface area contributed by atoms with E-state index >= 15 is 0 Å². The van der Waals surface area contributed by atoms with Gasteiger partial charge in [-0.1, -0.05) is 36.0 Å². The first-order chi connectivity index (χ1) is 12.2. The van der Waals surface area contributed by atoms with Crippen LogP contribution in [-0.2, 0) is 11.0 Å². The maximum atomic E-state index is 12.9. The van der Waals surface area contributed by atoms with Gasteiger partial charge in [-0.2, -0.15) is 13.2 Å². The van der Waals surface area contributed by atoms with Gasteiger partial charge in [0.05, 0.1) is 28.3 Å². The third kappa shape index (κ3) is 4.98. The lowest BCUT2D eigenvalue weighted by molar-refractivity contribution is -0.137. The van der Waals surface area contributed by atoms with E-state index in [-0.39, 0.29) is 22.2 Å². The molecule has 138 valence electrons. The molecule has 0 fully saturated rings. The lowest BCUT2D eigenvalue weighted by Crippen LogP contribution is -2.19. The summed E-state index contributed by atoms with van der Waals surface area (Å²) in [5, 5.41) is 2.46. The number of aromatic amines is 1. The number of para-hydroxylation sites is 1. The zero-order valence-electron chi connectivity index (χ0n) is 14.0. The molecule has 0 atom stereocenters. The molecule has 0 radical (unpaired) electrons. The zero-order valence-corrected chi connectivity index (χ0v) is 14.8. The van der Waals surface area contributed by atoms with Crippen molar-refractivity contribution in [3.8, 4) is 0 Å². The number of carbonyl (C=O) groups is 1. The van der Waals surface area contributed by atoms with Gasteiger partial charge in [0.25, 0.3) is 5.56 Å². The maximum Gasteiger partial charge on any atom is 0.418 e. The Kier molecular flexibility index (Phi) is 6.25. The Morgan fingerprint density at radius 2 is 2.04 bits per heavy atom. The summed E-state index contributed by atoms with van der Waals surface area (Å²) in [6.45, 7) is 3.43. The van der Waals surface area contributed by atoms with Crippen molar-refractivity contribution in [2.45, 2.75) is 25.2 Å². The Labute approximate surface area is 151 Å². The fraction of sp³-hybridized carbons (Fsp3) is 0.235. The number of nitrogens with zero attached hydrogens (tertiary/aromatic N) is 1. The smallest absolute Gasteiger partial charge is 0.325 e. The Hall–Kier alpha value is -2.55. The van der Waals surface area contributed by atoms with Crippen molar-refractivity contribution in [3.05, 3.63) is 57.5 Å². The van der Waals surface area contributed by atoms with Gasteiger partial charge >= 0.3 is 6.18 Å². The Morgan fingerprint density at radius 1 is 1.35 bits per heavy atom. The summed E-state index contributed by atoms with van der Waals surface area (Å²) < 4.78 is 38.8. The summed E-state index contributed by atoms with van der Waals surface area (Å²) in [6.07, 6.45) is -1.24. The van der Waals surface area contributed by atoms with Crippen molar-refractivity contribution in [1.29, 1.82) is 0 Å². The molecule has 26 heavy (non-hydrogen) atoms. The van der Waals surface area contributed by atoms with E-state index in [9.17, 15) is 22.8 Å². The SMILES string of the molecule is C/C=C\c1c(C)nc(SCC(=O)Nc2ccccc2C(F)(F)F)[nH]c1=O. The second kappa shape index (κ2) is 8.22. The molecule has 9 heteroatoms. The van der Waals surface area contributed by atoms with Gasteiger partial charge < -0.3 is 10.3 Å². The van der Waals surface area contributed by atoms with Crippen LogP contribution in [0.25, 0.3) is 6.08 Å². The van der Waals surface area contributed by atoms with E-state index < -0.39 is 17.6 Å². The fourth-order valence-electron chi connectivity index (χ4n) is 2.16. The average Bonchev–Trinajstić information content (AvgIpc) is 2.56. The second-order valence-electron chi connectivity index (χ2n) is 5.25. The number of hydrogen-bond acceptors (Lipinski definition) is 4. The molecule has 0 saturated carbocycles. The predicted molar refractivity (Wildman–Crippen MR) is 95.1 cm³/mol. The molecule has 2 rings (SSSR count). The van der Waals surface area contributed by atoms with E-state index in [0.717, 1.165) is 17.8 Å². The van der Waals surface area contributed by atoms with Gasteiger partial charge in [0, 0.05) is 0 Å². The van der Waals surface area contributed by atoms with Crippen LogP contribution in [0.5, 0.6) is 0 Å². The molecule has 0 saturated heterocycles. The minimum atomic E-state index is -4.57. The number of rotatable bonds is 5. The maximum absolute atomic E-state index is 12.9. The normalized spacial score (nSPS) is 11.7. The number of nitrogens with one attached hydrogen (secondary N) is 2. The van der Waals surface area contributed by atoms with Crippen LogP contribution < -0.4 is 10.9 Å². The van der Waals surface area contributed by atoms with Crippen LogP contribution >= 0.6 is 11.8 Å². The fourth-order valence-corrected chi connectivity index (χ4v) is 2.87. The number of H-pyrrole nitrogens is 1. The third-order valence-electron chi connectivity index (χ3n) is 3.30. The summed E-state index contributed by atoms with van der Waals surface area (Å²) in [7, 11) is 0. The molecule has 1 amide bonds. The van der Waals surface area contributed by atoms with E-state index in [4.69, 9.17) is 0 Å². The highest BCUT2D eigenvalue weighted by Crippen LogP contribution is 2.34. The molecule has 1 aromatic heterocycles.